The smallest absolute Gasteiger partial charge is 0.338 e. The lowest BCUT2D eigenvalue weighted by atomic mass is 10.1. The fourth-order valence-corrected chi connectivity index (χ4v) is 1.63. The number of cyclic esters (lactones) is 1. The number of rotatable bonds is 3. The van der Waals surface area contributed by atoms with Crippen LogP contribution in [0.1, 0.15) is 28.4 Å². The van der Waals surface area contributed by atoms with Crippen molar-refractivity contribution in [3.8, 4) is 0 Å². The normalized spacial score (nSPS) is 13.6. The van der Waals surface area contributed by atoms with Crippen molar-refractivity contribution in [3.63, 3.8) is 0 Å². The Balaban J connectivity index is 2.05. The molecule has 1 aromatic rings. The van der Waals surface area contributed by atoms with Crippen LogP contribution >= 0.6 is 0 Å². The lowest BCUT2D eigenvalue weighted by molar-refractivity contribution is -0.118. The Morgan fingerprint density at radius 1 is 1.53 bits per heavy atom. The van der Waals surface area contributed by atoms with Crippen LogP contribution in [0.3, 0.4) is 0 Å². The SMILES string of the molecule is CC(=O)NCC=Cc1ccc2c(c1)C(=O)OC2. The Morgan fingerprint density at radius 3 is 3.12 bits per heavy atom. The lowest BCUT2D eigenvalue weighted by Crippen LogP contribution is -2.19. The highest BCUT2D eigenvalue weighted by atomic mass is 16.5. The van der Waals surface area contributed by atoms with E-state index in [1.165, 1.54) is 6.92 Å². The molecule has 0 radical (unpaired) electrons. The molecule has 1 N–H and O–H groups in total. The summed E-state index contributed by atoms with van der Waals surface area (Å²) < 4.78 is 4.92. The van der Waals surface area contributed by atoms with E-state index in [0.29, 0.717) is 18.7 Å². The molecule has 0 bridgehead atoms. The summed E-state index contributed by atoms with van der Waals surface area (Å²) in [5.41, 5.74) is 2.48. The molecule has 17 heavy (non-hydrogen) atoms. The number of carbonyl (C=O) groups excluding carboxylic acids is 2. The van der Waals surface area contributed by atoms with E-state index in [-0.39, 0.29) is 11.9 Å². The number of hydrogen-bond donors (Lipinski definition) is 1. The Kier molecular flexibility index (Phi) is 3.23. The molecule has 0 saturated heterocycles. The minimum Gasteiger partial charge on any atom is -0.457 e. The first-order valence-corrected chi connectivity index (χ1v) is 5.38. The van der Waals surface area contributed by atoms with Crippen LogP contribution in [0.4, 0.5) is 0 Å². The Labute approximate surface area is 99.3 Å². The fraction of sp³-hybridized carbons (Fsp3) is 0.231. The molecule has 0 fully saturated rings. The van der Waals surface area contributed by atoms with Gasteiger partial charge in [0.25, 0.3) is 0 Å². The van der Waals surface area contributed by atoms with Crippen molar-refractivity contribution in [2.24, 2.45) is 0 Å². The highest BCUT2D eigenvalue weighted by Gasteiger charge is 2.20. The number of benzene rings is 1. The Hall–Kier alpha value is -2.10. The maximum absolute atomic E-state index is 11.3. The van der Waals surface area contributed by atoms with Gasteiger partial charge >= 0.3 is 5.97 Å². The van der Waals surface area contributed by atoms with E-state index in [2.05, 4.69) is 5.32 Å². The quantitative estimate of drug-likeness (QED) is 0.802. The average Bonchev–Trinajstić information content (AvgIpc) is 2.66. The molecule has 0 spiro atoms. The van der Waals surface area contributed by atoms with E-state index in [0.717, 1.165) is 11.1 Å². The molecule has 0 saturated carbocycles. The molecule has 88 valence electrons. The summed E-state index contributed by atoms with van der Waals surface area (Å²) in [6.45, 7) is 2.32. The van der Waals surface area contributed by atoms with Crippen LogP contribution < -0.4 is 5.32 Å². The van der Waals surface area contributed by atoms with E-state index in [1.54, 1.807) is 6.07 Å². The first-order valence-electron chi connectivity index (χ1n) is 5.38. The number of amides is 1. The fourth-order valence-electron chi connectivity index (χ4n) is 1.63. The second-order valence-corrected chi connectivity index (χ2v) is 3.83. The van der Waals surface area contributed by atoms with Crippen molar-refractivity contribution >= 4 is 18.0 Å². The number of carbonyl (C=O) groups is 2. The van der Waals surface area contributed by atoms with E-state index in [4.69, 9.17) is 4.74 Å². The van der Waals surface area contributed by atoms with E-state index in [9.17, 15) is 9.59 Å². The number of ether oxygens (including phenoxy) is 1. The van der Waals surface area contributed by atoms with Gasteiger partial charge in [-0.15, -0.1) is 0 Å². The minimum atomic E-state index is -0.267. The third-order valence-electron chi connectivity index (χ3n) is 2.49. The van der Waals surface area contributed by atoms with Gasteiger partial charge in [-0.25, -0.2) is 4.79 Å². The van der Waals surface area contributed by atoms with Crippen molar-refractivity contribution < 1.29 is 14.3 Å². The highest BCUT2D eigenvalue weighted by Crippen LogP contribution is 2.21. The summed E-state index contributed by atoms with van der Waals surface area (Å²) in [5, 5.41) is 2.66. The van der Waals surface area contributed by atoms with Crippen LogP contribution in [0.5, 0.6) is 0 Å². The van der Waals surface area contributed by atoms with Gasteiger partial charge in [0, 0.05) is 19.0 Å². The molecule has 1 amide bonds. The van der Waals surface area contributed by atoms with E-state index >= 15 is 0 Å². The Bertz CT molecular complexity index is 491. The maximum Gasteiger partial charge on any atom is 0.338 e. The topological polar surface area (TPSA) is 55.4 Å². The van der Waals surface area contributed by atoms with Crippen LogP contribution in [0, 0.1) is 0 Å². The van der Waals surface area contributed by atoms with Gasteiger partial charge in [0.2, 0.25) is 5.91 Å². The van der Waals surface area contributed by atoms with Gasteiger partial charge < -0.3 is 10.1 Å². The summed E-state index contributed by atoms with van der Waals surface area (Å²) >= 11 is 0. The second-order valence-electron chi connectivity index (χ2n) is 3.83. The second kappa shape index (κ2) is 4.82. The molecule has 1 heterocycles. The first-order chi connectivity index (χ1) is 8.16. The van der Waals surface area contributed by atoms with Gasteiger partial charge in [-0.05, 0) is 11.6 Å². The van der Waals surface area contributed by atoms with E-state index in [1.807, 2.05) is 24.3 Å². The molecule has 4 heteroatoms. The summed E-state index contributed by atoms with van der Waals surface area (Å²) in [7, 11) is 0. The van der Waals surface area contributed by atoms with Gasteiger partial charge in [0.15, 0.2) is 0 Å². The third kappa shape index (κ3) is 2.72. The predicted octanol–water partition coefficient (Wildman–Crippen LogP) is 1.51. The average molecular weight is 231 g/mol. The minimum absolute atomic E-state index is 0.0628. The van der Waals surface area contributed by atoms with Crippen LogP contribution in [-0.4, -0.2) is 18.4 Å². The monoisotopic (exact) mass is 231 g/mol. The van der Waals surface area contributed by atoms with Gasteiger partial charge in [-0.2, -0.15) is 0 Å². The maximum atomic E-state index is 11.3. The largest absolute Gasteiger partial charge is 0.457 e. The van der Waals surface area contributed by atoms with Crippen molar-refractivity contribution in [1.29, 1.82) is 0 Å². The highest BCUT2D eigenvalue weighted by molar-refractivity contribution is 5.94. The first kappa shape index (κ1) is 11.4. The van der Waals surface area contributed by atoms with E-state index < -0.39 is 0 Å². The standard InChI is InChI=1S/C13H13NO3/c1-9(15)14-6-2-3-10-4-5-11-8-17-13(16)12(11)7-10/h2-5,7H,6,8H2,1H3,(H,14,15). The summed E-state index contributed by atoms with van der Waals surface area (Å²) in [6, 6.07) is 5.61. The van der Waals surface area contributed by atoms with Crippen LogP contribution in [0.25, 0.3) is 6.08 Å². The molecule has 1 aliphatic heterocycles. The predicted molar refractivity (Wildman–Crippen MR) is 63.3 cm³/mol. The molecule has 0 atom stereocenters. The summed E-state index contributed by atoms with van der Waals surface area (Å²) in [4.78, 5) is 22.0. The van der Waals surface area contributed by atoms with Gasteiger partial charge in [0.05, 0.1) is 5.56 Å². The number of fused-ring (bicyclic) bond motifs is 1. The van der Waals surface area contributed by atoms with Crippen molar-refractivity contribution in [1.82, 2.24) is 5.32 Å². The van der Waals surface area contributed by atoms with Gasteiger partial charge in [-0.1, -0.05) is 24.3 Å². The zero-order valence-electron chi connectivity index (χ0n) is 9.53. The van der Waals surface area contributed by atoms with Crippen LogP contribution in [0.15, 0.2) is 24.3 Å². The lowest BCUT2D eigenvalue weighted by Gasteiger charge is -1.98. The zero-order chi connectivity index (χ0) is 12.3. The molecule has 1 aromatic carbocycles. The molecule has 4 nitrogen and oxygen atoms in total. The van der Waals surface area contributed by atoms with Crippen molar-refractivity contribution in [3.05, 3.63) is 41.0 Å². The van der Waals surface area contributed by atoms with Gasteiger partial charge in [0.1, 0.15) is 6.61 Å². The molecular weight excluding hydrogens is 218 g/mol. The molecule has 0 aliphatic carbocycles. The van der Waals surface area contributed by atoms with Crippen LogP contribution in [0.2, 0.25) is 0 Å². The van der Waals surface area contributed by atoms with Crippen molar-refractivity contribution in [2.45, 2.75) is 13.5 Å². The number of hydrogen-bond acceptors (Lipinski definition) is 3. The molecule has 2 rings (SSSR count). The number of esters is 1. The molecule has 1 aliphatic rings. The molecule has 0 aromatic heterocycles. The van der Waals surface area contributed by atoms with Crippen LogP contribution in [-0.2, 0) is 16.1 Å². The Morgan fingerprint density at radius 2 is 2.35 bits per heavy atom. The summed E-state index contributed by atoms with van der Waals surface area (Å²) in [6.07, 6.45) is 3.70. The third-order valence-corrected chi connectivity index (χ3v) is 2.49. The molecular formula is C13H13NO3. The summed E-state index contributed by atoms with van der Waals surface area (Å²) in [5.74, 6) is -0.329. The molecule has 0 unspecified atom stereocenters. The zero-order valence-corrected chi connectivity index (χ0v) is 9.53. The van der Waals surface area contributed by atoms with Gasteiger partial charge in [-0.3, -0.25) is 4.79 Å². The van der Waals surface area contributed by atoms with Crippen molar-refractivity contribution in [2.75, 3.05) is 6.54 Å². The number of nitrogens with one attached hydrogen (secondary N) is 1.